The number of nitrogens with zero attached hydrogens (tertiary/aromatic N) is 6. The first-order valence-electron chi connectivity index (χ1n) is 12.3. The minimum absolute atomic E-state index is 0.0367. The lowest BCUT2D eigenvalue weighted by Crippen LogP contribution is -2.19. The molecule has 0 unspecified atom stereocenters. The Morgan fingerprint density at radius 3 is 2.59 bits per heavy atom. The molecule has 2 amide bonds. The molecule has 0 fully saturated rings. The summed E-state index contributed by atoms with van der Waals surface area (Å²) < 4.78 is 9.04. The van der Waals surface area contributed by atoms with Crippen molar-refractivity contribution in [1.29, 1.82) is 0 Å². The van der Waals surface area contributed by atoms with Crippen LogP contribution in [0.15, 0.2) is 65.6 Å². The summed E-state index contributed by atoms with van der Waals surface area (Å²) in [5.74, 6) is 1.05. The number of fused-ring (bicyclic) bond motifs is 3. The van der Waals surface area contributed by atoms with E-state index in [0.717, 1.165) is 37.8 Å². The molecule has 0 atom stereocenters. The number of aliphatic hydroxyl groups excluding tert-OH is 1. The van der Waals surface area contributed by atoms with E-state index in [1.54, 1.807) is 16.9 Å². The van der Waals surface area contributed by atoms with E-state index < -0.39 is 6.03 Å². The Hall–Kier alpha value is -4.55. The van der Waals surface area contributed by atoms with Gasteiger partial charge >= 0.3 is 6.03 Å². The molecule has 11 nitrogen and oxygen atoms in total. The van der Waals surface area contributed by atoms with E-state index in [1.165, 1.54) is 11.3 Å². The standard InChI is InChI=1S/C27H26N8O3S/c1-27(2,3)22-12-23(33-38-22)32-25(37)29-18-6-4-16(5-7-18)20-15-35-21-9-8-19(30-24(21)39-26(35)31-20)17-13-28-34(14-17)10-11-36/h4-9,12-15,36H,10-11H2,1-3H3,(H2,29,32,33,37). The Balaban J connectivity index is 1.16. The average Bonchev–Trinajstić information content (AvgIpc) is 3.68. The van der Waals surface area contributed by atoms with E-state index in [9.17, 15) is 4.79 Å². The average molecular weight is 543 g/mol. The smallest absolute Gasteiger partial charge is 0.324 e. The highest BCUT2D eigenvalue weighted by Gasteiger charge is 2.20. The Kier molecular flexibility index (Phi) is 6.12. The van der Waals surface area contributed by atoms with Gasteiger partial charge in [-0.1, -0.05) is 49.4 Å². The molecule has 0 aliphatic rings. The lowest BCUT2D eigenvalue weighted by Gasteiger charge is -2.12. The zero-order valence-corrected chi connectivity index (χ0v) is 22.4. The normalized spacial score (nSPS) is 11.9. The van der Waals surface area contributed by atoms with Crippen molar-refractivity contribution in [1.82, 2.24) is 29.3 Å². The SMILES string of the molecule is CC(C)(C)c1cc(NC(=O)Nc2ccc(-c3cn4c(n3)sc3nc(-c5cnn(CCO)c5)ccc34)cc2)no1. The Morgan fingerprint density at radius 1 is 1.03 bits per heavy atom. The van der Waals surface area contributed by atoms with E-state index in [0.29, 0.717) is 23.8 Å². The van der Waals surface area contributed by atoms with Gasteiger partial charge in [0.2, 0.25) is 0 Å². The number of anilines is 2. The van der Waals surface area contributed by atoms with Crippen molar-refractivity contribution in [2.45, 2.75) is 32.7 Å². The van der Waals surface area contributed by atoms with Gasteiger partial charge in [0.1, 0.15) is 10.6 Å². The number of benzene rings is 1. The molecule has 39 heavy (non-hydrogen) atoms. The number of carbonyl (C=O) groups is 1. The molecule has 0 radical (unpaired) electrons. The number of imidazole rings is 1. The largest absolute Gasteiger partial charge is 0.394 e. The molecule has 6 aromatic rings. The van der Waals surface area contributed by atoms with Crippen LogP contribution in [0.3, 0.4) is 0 Å². The highest BCUT2D eigenvalue weighted by Crippen LogP contribution is 2.31. The van der Waals surface area contributed by atoms with E-state index in [-0.39, 0.29) is 12.0 Å². The van der Waals surface area contributed by atoms with Crippen LogP contribution in [0.2, 0.25) is 0 Å². The van der Waals surface area contributed by atoms with Crippen LogP contribution in [0.4, 0.5) is 16.3 Å². The van der Waals surface area contributed by atoms with E-state index in [1.807, 2.05) is 74.0 Å². The maximum absolute atomic E-state index is 12.4. The topological polar surface area (TPSA) is 135 Å². The molecule has 5 aromatic heterocycles. The van der Waals surface area contributed by atoms with E-state index in [4.69, 9.17) is 19.6 Å². The van der Waals surface area contributed by atoms with Crippen LogP contribution in [0.25, 0.3) is 37.8 Å². The van der Waals surface area contributed by atoms with Gasteiger partial charge in [0.15, 0.2) is 10.8 Å². The molecule has 12 heteroatoms. The second-order valence-corrected chi connectivity index (χ2v) is 11.1. The van der Waals surface area contributed by atoms with Gasteiger partial charge in [-0.05, 0) is 24.3 Å². The molecule has 6 rings (SSSR count). The number of hydrogen-bond donors (Lipinski definition) is 3. The van der Waals surface area contributed by atoms with Gasteiger partial charge in [0.25, 0.3) is 0 Å². The third-order valence-corrected chi connectivity index (χ3v) is 7.11. The van der Waals surface area contributed by atoms with Gasteiger partial charge in [-0.2, -0.15) is 5.10 Å². The molecule has 1 aromatic carbocycles. The number of rotatable bonds is 6. The number of aliphatic hydroxyl groups is 1. The zero-order chi connectivity index (χ0) is 27.1. The molecule has 0 saturated carbocycles. The molecular formula is C27H26N8O3S. The monoisotopic (exact) mass is 542 g/mol. The number of amides is 2. The summed E-state index contributed by atoms with van der Waals surface area (Å²) in [6, 6.07) is 12.8. The number of aromatic nitrogens is 6. The molecule has 3 N–H and O–H groups in total. The Bertz CT molecular complexity index is 1790. The van der Waals surface area contributed by atoms with Crippen molar-refractivity contribution in [3.05, 3.63) is 66.8 Å². The highest BCUT2D eigenvalue weighted by molar-refractivity contribution is 7.23. The van der Waals surface area contributed by atoms with Crippen LogP contribution in [-0.4, -0.2) is 47.1 Å². The first-order chi connectivity index (χ1) is 18.8. The number of hydrogen-bond acceptors (Lipinski definition) is 8. The summed E-state index contributed by atoms with van der Waals surface area (Å²) in [7, 11) is 0. The third kappa shape index (κ3) is 4.99. The molecule has 0 bridgehead atoms. The van der Waals surface area contributed by atoms with Gasteiger partial charge in [-0.25, -0.2) is 14.8 Å². The summed E-state index contributed by atoms with van der Waals surface area (Å²) in [5.41, 5.74) is 4.89. The first kappa shape index (κ1) is 24.8. The summed E-state index contributed by atoms with van der Waals surface area (Å²) in [4.78, 5) is 23.7. The van der Waals surface area contributed by atoms with Crippen molar-refractivity contribution < 1.29 is 14.4 Å². The fourth-order valence-corrected chi connectivity index (χ4v) is 5.08. The minimum atomic E-state index is -0.405. The Morgan fingerprint density at radius 2 is 1.85 bits per heavy atom. The van der Waals surface area contributed by atoms with Crippen molar-refractivity contribution >= 4 is 44.2 Å². The number of thiazole rings is 1. The van der Waals surface area contributed by atoms with Crippen LogP contribution < -0.4 is 10.6 Å². The molecule has 0 aliphatic heterocycles. The second kappa shape index (κ2) is 9.64. The van der Waals surface area contributed by atoms with E-state index >= 15 is 0 Å². The molecule has 5 heterocycles. The maximum Gasteiger partial charge on any atom is 0.324 e. The maximum atomic E-state index is 12.4. The second-order valence-electron chi connectivity index (χ2n) is 10.1. The number of nitrogens with one attached hydrogen (secondary N) is 2. The quantitative estimate of drug-likeness (QED) is 0.257. The van der Waals surface area contributed by atoms with Crippen LogP contribution in [0.1, 0.15) is 26.5 Å². The fraction of sp³-hybridized carbons (Fsp3) is 0.222. The third-order valence-electron chi connectivity index (χ3n) is 6.15. The van der Waals surface area contributed by atoms with Crippen LogP contribution in [-0.2, 0) is 12.0 Å². The fourth-order valence-electron chi connectivity index (χ4n) is 4.10. The van der Waals surface area contributed by atoms with Gasteiger partial charge in [0.05, 0.1) is 36.3 Å². The lowest BCUT2D eigenvalue weighted by atomic mass is 9.93. The highest BCUT2D eigenvalue weighted by atomic mass is 32.1. The van der Waals surface area contributed by atoms with Crippen molar-refractivity contribution in [2.75, 3.05) is 17.2 Å². The summed E-state index contributed by atoms with van der Waals surface area (Å²) in [5, 5.41) is 22.8. The number of carbonyl (C=O) groups excluding carboxylic acids is 1. The van der Waals surface area contributed by atoms with Gasteiger partial charge in [-0.15, -0.1) is 0 Å². The summed E-state index contributed by atoms with van der Waals surface area (Å²) in [6.45, 7) is 6.52. The summed E-state index contributed by atoms with van der Waals surface area (Å²) >= 11 is 1.51. The first-order valence-corrected chi connectivity index (χ1v) is 13.2. The summed E-state index contributed by atoms with van der Waals surface area (Å²) in [6.07, 6.45) is 5.61. The molecular weight excluding hydrogens is 516 g/mol. The molecule has 0 spiro atoms. The van der Waals surface area contributed by atoms with Gasteiger partial charge < -0.3 is 14.9 Å². The van der Waals surface area contributed by atoms with Gasteiger partial charge in [0, 0.05) is 40.7 Å². The van der Waals surface area contributed by atoms with Crippen molar-refractivity contribution in [3.8, 4) is 22.5 Å². The minimum Gasteiger partial charge on any atom is -0.394 e. The van der Waals surface area contributed by atoms with Crippen LogP contribution in [0.5, 0.6) is 0 Å². The molecule has 198 valence electrons. The van der Waals surface area contributed by atoms with E-state index in [2.05, 4.69) is 20.9 Å². The van der Waals surface area contributed by atoms with Crippen LogP contribution in [0, 0.1) is 0 Å². The zero-order valence-electron chi connectivity index (χ0n) is 21.5. The van der Waals surface area contributed by atoms with Crippen LogP contribution >= 0.6 is 11.3 Å². The predicted octanol–water partition coefficient (Wildman–Crippen LogP) is 5.40. The van der Waals surface area contributed by atoms with Gasteiger partial charge in [-0.3, -0.25) is 14.4 Å². The van der Waals surface area contributed by atoms with Crippen molar-refractivity contribution in [3.63, 3.8) is 0 Å². The molecule has 0 saturated heterocycles. The number of pyridine rings is 1. The molecule has 0 aliphatic carbocycles. The Labute approximate surface area is 227 Å². The lowest BCUT2D eigenvalue weighted by molar-refractivity contribution is 0.261. The van der Waals surface area contributed by atoms with Crippen molar-refractivity contribution in [2.24, 2.45) is 0 Å². The predicted molar refractivity (Wildman–Crippen MR) is 150 cm³/mol. The number of urea groups is 1.